The molecular weight excluding hydrogens is 282 g/mol. The van der Waals surface area contributed by atoms with E-state index >= 15 is 0 Å². The average Bonchev–Trinajstić information content (AvgIpc) is 2.75. The van der Waals surface area contributed by atoms with E-state index in [9.17, 15) is 8.78 Å². The summed E-state index contributed by atoms with van der Waals surface area (Å²) in [5.74, 6) is 0.424. The fraction of sp³-hybridized carbons (Fsp3) is 0.533. The van der Waals surface area contributed by atoms with Crippen LogP contribution < -0.4 is 0 Å². The quantitative estimate of drug-likeness (QED) is 0.717. The predicted molar refractivity (Wildman–Crippen MR) is 78.1 cm³/mol. The third-order valence-corrected chi connectivity index (χ3v) is 3.95. The van der Waals surface area contributed by atoms with E-state index in [0.29, 0.717) is 23.7 Å². The van der Waals surface area contributed by atoms with E-state index < -0.39 is 11.6 Å². The molecule has 1 heterocycles. The van der Waals surface area contributed by atoms with E-state index in [1.165, 1.54) is 6.07 Å². The molecule has 0 unspecified atom stereocenters. The Morgan fingerprint density at radius 1 is 1.25 bits per heavy atom. The van der Waals surface area contributed by atoms with Gasteiger partial charge in [-0.3, -0.25) is 0 Å². The van der Waals surface area contributed by atoms with Gasteiger partial charge in [0, 0.05) is 24.9 Å². The summed E-state index contributed by atoms with van der Waals surface area (Å²) in [7, 11) is 0. The first-order valence-corrected chi connectivity index (χ1v) is 7.54. The third kappa shape index (κ3) is 2.95. The summed E-state index contributed by atoms with van der Waals surface area (Å²) in [6.45, 7) is 4.96. The highest BCUT2D eigenvalue weighted by Crippen LogP contribution is 2.24. The minimum atomic E-state index is -0.612. The summed E-state index contributed by atoms with van der Waals surface area (Å²) in [6, 6.07) is 2.23. The molecule has 0 aliphatic rings. The molecule has 2 nitrogen and oxygen atoms in total. The van der Waals surface area contributed by atoms with Gasteiger partial charge in [0.1, 0.15) is 17.2 Å². The normalized spacial score (nSPS) is 11.7. The van der Waals surface area contributed by atoms with Crippen molar-refractivity contribution in [2.45, 2.75) is 39.7 Å². The maximum Gasteiger partial charge on any atom is 0.153 e. The first-order chi connectivity index (χ1) is 9.60. The Kier molecular flexibility index (Phi) is 4.97. The molecule has 20 heavy (non-hydrogen) atoms. The van der Waals surface area contributed by atoms with Crippen molar-refractivity contribution in [1.82, 2.24) is 9.55 Å². The van der Waals surface area contributed by atoms with Crippen LogP contribution in [-0.4, -0.2) is 15.4 Å². The Hall–Kier alpha value is -1.16. The molecule has 0 radical (unpaired) electrons. The van der Waals surface area contributed by atoms with Gasteiger partial charge in [-0.1, -0.05) is 26.7 Å². The summed E-state index contributed by atoms with van der Waals surface area (Å²) < 4.78 is 29.2. The Balaban J connectivity index is 2.55. The van der Waals surface area contributed by atoms with Gasteiger partial charge in [0.05, 0.1) is 5.52 Å². The van der Waals surface area contributed by atoms with E-state index in [-0.39, 0.29) is 5.52 Å². The Bertz CT molecular complexity index is 591. The molecular formula is C15H19ClF2N2. The van der Waals surface area contributed by atoms with Gasteiger partial charge in [0.25, 0.3) is 0 Å². The molecule has 2 aromatic rings. The van der Waals surface area contributed by atoms with Crippen LogP contribution >= 0.6 is 11.6 Å². The molecule has 0 amide bonds. The molecule has 1 aromatic heterocycles. The van der Waals surface area contributed by atoms with Gasteiger partial charge in [-0.15, -0.1) is 11.6 Å². The van der Waals surface area contributed by atoms with Gasteiger partial charge >= 0.3 is 0 Å². The first kappa shape index (κ1) is 15.2. The number of nitrogens with zero attached hydrogens (tertiary/aromatic N) is 2. The second-order valence-electron chi connectivity index (χ2n) is 5.02. The number of hydrogen-bond donors (Lipinski definition) is 0. The highest BCUT2D eigenvalue weighted by molar-refractivity contribution is 6.17. The minimum Gasteiger partial charge on any atom is -0.327 e. The van der Waals surface area contributed by atoms with Crippen LogP contribution in [0.4, 0.5) is 8.78 Å². The average molecular weight is 301 g/mol. The van der Waals surface area contributed by atoms with Crippen molar-refractivity contribution >= 4 is 22.6 Å². The summed E-state index contributed by atoms with van der Waals surface area (Å²) in [6.07, 6.45) is 2.60. The predicted octanol–water partition coefficient (Wildman–Crippen LogP) is 4.53. The molecule has 0 saturated carbocycles. The van der Waals surface area contributed by atoms with Crippen molar-refractivity contribution in [3.8, 4) is 0 Å². The van der Waals surface area contributed by atoms with E-state index in [2.05, 4.69) is 18.8 Å². The maximum absolute atomic E-state index is 13.8. The number of hydrogen-bond acceptors (Lipinski definition) is 1. The fourth-order valence-corrected chi connectivity index (χ4v) is 2.65. The van der Waals surface area contributed by atoms with Crippen molar-refractivity contribution in [3.63, 3.8) is 0 Å². The maximum atomic E-state index is 13.8. The summed E-state index contributed by atoms with van der Waals surface area (Å²) in [5, 5.41) is 0. The van der Waals surface area contributed by atoms with Crippen LogP contribution in [-0.2, 0) is 13.0 Å². The monoisotopic (exact) mass is 300 g/mol. The molecule has 0 bridgehead atoms. The minimum absolute atomic E-state index is 0.234. The van der Waals surface area contributed by atoms with E-state index in [1.807, 2.05) is 4.57 Å². The van der Waals surface area contributed by atoms with Crippen LogP contribution in [0.1, 0.15) is 32.5 Å². The number of aryl methyl sites for hydroxylation is 1. The van der Waals surface area contributed by atoms with Crippen LogP contribution in [0.3, 0.4) is 0 Å². The molecule has 0 N–H and O–H groups in total. The second-order valence-corrected chi connectivity index (χ2v) is 5.39. The number of rotatable bonds is 6. The molecule has 0 spiro atoms. The number of benzene rings is 1. The first-order valence-electron chi connectivity index (χ1n) is 7.00. The molecule has 0 aliphatic carbocycles. The van der Waals surface area contributed by atoms with E-state index in [4.69, 9.17) is 11.6 Å². The van der Waals surface area contributed by atoms with Gasteiger partial charge in [-0.25, -0.2) is 13.8 Å². The Morgan fingerprint density at radius 2 is 1.95 bits per heavy atom. The van der Waals surface area contributed by atoms with Crippen LogP contribution in [0.5, 0.6) is 0 Å². The zero-order chi connectivity index (χ0) is 14.7. The summed E-state index contributed by atoms with van der Waals surface area (Å²) >= 11 is 5.79. The molecule has 0 saturated heterocycles. The highest BCUT2D eigenvalue weighted by atomic mass is 35.5. The number of imidazole rings is 1. The lowest BCUT2D eigenvalue weighted by Gasteiger charge is -2.16. The number of fused-ring (bicyclic) bond motifs is 1. The lowest BCUT2D eigenvalue weighted by atomic mass is 10.0. The van der Waals surface area contributed by atoms with Crippen molar-refractivity contribution in [2.24, 2.45) is 5.92 Å². The smallest absolute Gasteiger partial charge is 0.153 e. The molecule has 0 fully saturated rings. The Morgan fingerprint density at radius 3 is 2.55 bits per heavy atom. The van der Waals surface area contributed by atoms with Crippen LogP contribution in [0.25, 0.3) is 11.0 Å². The van der Waals surface area contributed by atoms with Crippen LogP contribution in [0, 0.1) is 17.6 Å². The van der Waals surface area contributed by atoms with Crippen LogP contribution in [0.2, 0.25) is 0 Å². The third-order valence-electron chi connectivity index (χ3n) is 3.76. The highest BCUT2D eigenvalue weighted by Gasteiger charge is 2.17. The SMILES string of the molecule is CCC(CC)Cn1c(CCCl)nc2c(F)cc(F)cc21. The van der Waals surface area contributed by atoms with Gasteiger partial charge in [0.2, 0.25) is 0 Å². The summed E-state index contributed by atoms with van der Waals surface area (Å²) in [4.78, 5) is 4.30. The molecule has 110 valence electrons. The zero-order valence-electron chi connectivity index (χ0n) is 11.8. The number of aromatic nitrogens is 2. The van der Waals surface area contributed by atoms with E-state index in [0.717, 1.165) is 31.3 Å². The second kappa shape index (κ2) is 6.53. The molecule has 0 atom stereocenters. The van der Waals surface area contributed by atoms with Gasteiger partial charge < -0.3 is 4.57 Å². The molecule has 2 rings (SSSR count). The number of alkyl halides is 1. The van der Waals surface area contributed by atoms with Gasteiger partial charge in [-0.05, 0) is 12.0 Å². The van der Waals surface area contributed by atoms with Crippen molar-refractivity contribution < 1.29 is 8.78 Å². The van der Waals surface area contributed by atoms with Crippen molar-refractivity contribution in [1.29, 1.82) is 0 Å². The van der Waals surface area contributed by atoms with Gasteiger partial charge in [0.15, 0.2) is 5.82 Å². The van der Waals surface area contributed by atoms with Gasteiger partial charge in [-0.2, -0.15) is 0 Å². The van der Waals surface area contributed by atoms with Crippen molar-refractivity contribution in [3.05, 3.63) is 29.6 Å². The number of halogens is 3. The lowest BCUT2D eigenvalue weighted by Crippen LogP contribution is -2.12. The Labute approximate surface area is 122 Å². The lowest BCUT2D eigenvalue weighted by molar-refractivity contribution is 0.417. The van der Waals surface area contributed by atoms with Crippen LogP contribution in [0.15, 0.2) is 12.1 Å². The standard InChI is InChI=1S/C15H19ClF2N2/c1-3-10(4-2)9-20-13-8-11(17)7-12(18)15(13)19-14(20)5-6-16/h7-8,10H,3-6,9H2,1-2H3. The summed E-state index contributed by atoms with van der Waals surface area (Å²) in [5.41, 5.74) is 0.756. The fourth-order valence-electron chi connectivity index (χ4n) is 2.48. The molecule has 0 aliphatic heterocycles. The van der Waals surface area contributed by atoms with Crippen molar-refractivity contribution in [2.75, 3.05) is 5.88 Å². The molecule has 5 heteroatoms. The topological polar surface area (TPSA) is 17.8 Å². The largest absolute Gasteiger partial charge is 0.327 e. The zero-order valence-corrected chi connectivity index (χ0v) is 12.6. The van der Waals surface area contributed by atoms with E-state index in [1.54, 1.807) is 0 Å². The molecule has 1 aromatic carbocycles.